The van der Waals surface area contributed by atoms with E-state index in [4.69, 9.17) is 33.2 Å². The highest BCUT2D eigenvalue weighted by atomic mass is 35.5. The predicted molar refractivity (Wildman–Crippen MR) is 144 cm³/mol. The number of nitrogens with zero attached hydrogens (tertiary/aromatic N) is 4. The van der Waals surface area contributed by atoms with Gasteiger partial charge in [-0.3, -0.25) is 0 Å². The standard InChI is InChI=1S/C27H31Cl2N5O/c1-18-22(16-20-10-11-21(28)17-23(20)29)25(31-24(30-18)19-8-6-5-7-9-19)33-12-14-34(15-13-33)26(35)32-27(2,3)4/h5-11,17H,12-16H2,1-4H3,(H,32,35). The van der Waals surface area contributed by atoms with Gasteiger partial charge in [0.05, 0.1) is 0 Å². The predicted octanol–water partition coefficient (Wildman–Crippen LogP) is 5.98. The molecule has 1 aliphatic heterocycles. The zero-order valence-electron chi connectivity index (χ0n) is 20.6. The van der Waals surface area contributed by atoms with Gasteiger partial charge in [0.1, 0.15) is 5.82 Å². The van der Waals surface area contributed by atoms with Gasteiger partial charge in [0.15, 0.2) is 5.82 Å². The van der Waals surface area contributed by atoms with Crippen LogP contribution < -0.4 is 10.2 Å². The number of rotatable bonds is 4. The Labute approximate surface area is 217 Å². The Morgan fingerprint density at radius 3 is 2.31 bits per heavy atom. The smallest absolute Gasteiger partial charge is 0.317 e. The fraction of sp³-hybridized carbons (Fsp3) is 0.370. The number of urea groups is 1. The van der Waals surface area contributed by atoms with Gasteiger partial charge >= 0.3 is 6.03 Å². The molecule has 1 aromatic heterocycles. The highest BCUT2D eigenvalue weighted by molar-refractivity contribution is 6.35. The zero-order valence-corrected chi connectivity index (χ0v) is 22.1. The van der Waals surface area contributed by atoms with Gasteiger partial charge in [0.2, 0.25) is 0 Å². The quantitative estimate of drug-likeness (QED) is 0.467. The average Bonchev–Trinajstić information content (AvgIpc) is 2.81. The monoisotopic (exact) mass is 511 g/mol. The van der Waals surface area contributed by atoms with Gasteiger partial charge in [0.25, 0.3) is 0 Å². The third-order valence-corrected chi connectivity index (χ3v) is 6.54. The van der Waals surface area contributed by atoms with E-state index < -0.39 is 0 Å². The summed E-state index contributed by atoms with van der Waals surface area (Å²) in [5.74, 6) is 1.58. The largest absolute Gasteiger partial charge is 0.353 e. The lowest BCUT2D eigenvalue weighted by molar-refractivity contribution is 0.185. The normalized spacial score (nSPS) is 14.2. The second kappa shape index (κ2) is 10.4. The number of carbonyl (C=O) groups excluding carboxylic acids is 1. The lowest BCUT2D eigenvalue weighted by Gasteiger charge is -2.37. The van der Waals surface area contributed by atoms with Crippen molar-refractivity contribution in [2.45, 2.75) is 39.7 Å². The van der Waals surface area contributed by atoms with Gasteiger partial charge < -0.3 is 15.1 Å². The minimum atomic E-state index is -0.270. The molecule has 2 heterocycles. The van der Waals surface area contributed by atoms with Crippen LogP contribution in [-0.4, -0.2) is 52.6 Å². The lowest BCUT2D eigenvalue weighted by atomic mass is 10.0. The summed E-state index contributed by atoms with van der Waals surface area (Å²) in [7, 11) is 0. The molecule has 0 unspecified atom stereocenters. The Kier molecular flexibility index (Phi) is 7.53. The molecule has 0 radical (unpaired) electrons. The molecule has 35 heavy (non-hydrogen) atoms. The van der Waals surface area contributed by atoms with Gasteiger partial charge in [-0.25, -0.2) is 14.8 Å². The molecule has 0 bridgehead atoms. The van der Waals surface area contributed by atoms with Gasteiger partial charge in [-0.05, 0) is 45.4 Å². The summed E-state index contributed by atoms with van der Waals surface area (Å²) >= 11 is 12.6. The van der Waals surface area contributed by atoms with Crippen LogP contribution in [0.15, 0.2) is 48.5 Å². The molecule has 1 fully saturated rings. The van der Waals surface area contributed by atoms with Crippen LogP contribution in [0, 0.1) is 6.92 Å². The summed E-state index contributed by atoms with van der Waals surface area (Å²) in [6.07, 6.45) is 0.594. The number of nitrogens with one attached hydrogen (secondary N) is 1. The average molecular weight is 512 g/mol. The van der Waals surface area contributed by atoms with E-state index in [1.165, 1.54) is 0 Å². The van der Waals surface area contributed by atoms with E-state index in [0.29, 0.717) is 48.5 Å². The van der Waals surface area contributed by atoms with Gasteiger partial charge in [0, 0.05) is 65.0 Å². The van der Waals surface area contributed by atoms with Crippen LogP contribution in [0.1, 0.15) is 37.6 Å². The molecule has 0 spiro atoms. The topological polar surface area (TPSA) is 61.4 Å². The highest BCUT2D eigenvalue weighted by Gasteiger charge is 2.27. The van der Waals surface area contributed by atoms with E-state index in [9.17, 15) is 4.79 Å². The molecule has 6 nitrogen and oxygen atoms in total. The fourth-order valence-electron chi connectivity index (χ4n) is 4.14. The number of benzene rings is 2. The van der Waals surface area contributed by atoms with Crippen LogP contribution in [0.25, 0.3) is 11.4 Å². The first kappa shape index (κ1) is 25.3. The second-order valence-electron chi connectivity index (χ2n) is 9.87. The maximum atomic E-state index is 12.7. The third kappa shape index (κ3) is 6.24. The number of aromatic nitrogens is 2. The van der Waals surface area contributed by atoms with Crippen molar-refractivity contribution < 1.29 is 4.79 Å². The molecule has 1 saturated heterocycles. The van der Waals surface area contributed by atoms with Crippen LogP contribution in [0.3, 0.4) is 0 Å². The van der Waals surface area contributed by atoms with E-state index in [0.717, 1.165) is 28.2 Å². The number of amides is 2. The van der Waals surface area contributed by atoms with Gasteiger partial charge in [-0.1, -0.05) is 59.6 Å². The molecule has 1 N–H and O–H groups in total. The van der Waals surface area contributed by atoms with E-state index in [2.05, 4.69) is 10.2 Å². The van der Waals surface area contributed by atoms with Crippen LogP contribution in [-0.2, 0) is 6.42 Å². The first-order valence-electron chi connectivity index (χ1n) is 11.8. The number of piperazine rings is 1. The first-order chi connectivity index (χ1) is 16.6. The van der Waals surface area contributed by atoms with E-state index in [1.54, 1.807) is 6.07 Å². The van der Waals surface area contributed by atoms with Crippen molar-refractivity contribution in [1.82, 2.24) is 20.2 Å². The summed E-state index contributed by atoms with van der Waals surface area (Å²) in [6, 6.07) is 15.5. The Morgan fingerprint density at radius 2 is 1.69 bits per heavy atom. The minimum Gasteiger partial charge on any atom is -0.353 e. The summed E-state index contributed by atoms with van der Waals surface area (Å²) in [5.41, 5.74) is 3.61. The van der Waals surface area contributed by atoms with Crippen molar-refractivity contribution >= 4 is 35.1 Å². The van der Waals surface area contributed by atoms with Crippen LogP contribution >= 0.6 is 23.2 Å². The summed E-state index contributed by atoms with van der Waals surface area (Å²) in [5, 5.41) is 4.29. The molecule has 4 rings (SSSR count). The SMILES string of the molecule is Cc1nc(-c2ccccc2)nc(N2CCN(C(=O)NC(C)(C)C)CC2)c1Cc1ccc(Cl)cc1Cl. The zero-order chi connectivity index (χ0) is 25.2. The van der Waals surface area contributed by atoms with Crippen LogP contribution in [0.5, 0.6) is 0 Å². The first-order valence-corrected chi connectivity index (χ1v) is 12.6. The van der Waals surface area contributed by atoms with Crippen molar-refractivity contribution in [3.8, 4) is 11.4 Å². The number of anilines is 1. The molecule has 3 aromatic rings. The van der Waals surface area contributed by atoms with Gasteiger partial charge in [-0.15, -0.1) is 0 Å². The molecule has 1 aliphatic rings. The molecule has 8 heteroatoms. The van der Waals surface area contributed by atoms with E-state index >= 15 is 0 Å². The fourth-order valence-corrected chi connectivity index (χ4v) is 4.62. The Balaban J connectivity index is 1.66. The second-order valence-corrected chi connectivity index (χ2v) is 10.7. The molecule has 2 amide bonds. The van der Waals surface area contributed by atoms with Crippen molar-refractivity contribution in [2.24, 2.45) is 0 Å². The van der Waals surface area contributed by atoms with Crippen molar-refractivity contribution in [1.29, 1.82) is 0 Å². The highest BCUT2D eigenvalue weighted by Crippen LogP contribution is 2.31. The van der Waals surface area contributed by atoms with Gasteiger partial charge in [-0.2, -0.15) is 0 Å². The summed E-state index contributed by atoms with van der Waals surface area (Å²) in [6.45, 7) is 10.6. The van der Waals surface area contributed by atoms with Crippen LogP contribution in [0.4, 0.5) is 10.6 Å². The molecular weight excluding hydrogens is 481 g/mol. The Hall–Kier alpha value is -2.83. The molecular formula is C27H31Cl2N5O. The molecule has 0 aliphatic carbocycles. The van der Waals surface area contributed by atoms with Crippen molar-refractivity contribution in [3.05, 3.63) is 75.4 Å². The Bertz CT molecular complexity index is 1200. The minimum absolute atomic E-state index is 0.0332. The van der Waals surface area contributed by atoms with Crippen molar-refractivity contribution in [3.63, 3.8) is 0 Å². The lowest BCUT2D eigenvalue weighted by Crippen LogP contribution is -2.55. The number of hydrogen-bond donors (Lipinski definition) is 1. The summed E-state index contributed by atoms with van der Waals surface area (Å²) < 4.78 is 0. The van der Waals surface area contributed by atoms with Crippen molar-refractivity contribution in [2.75, 3.05) is 31.1 Å². The Morgan fingerprint density at radius 1 is 1.00 bits per heavy atom. The number of halogens is 2. The number of carbonyl (C=O) groups is 1. The summed E-state index contributed by atoms with van der Waals surface area (Å²) in [4.78, 5) is 26.7. The maximum absolute atomic E-state index is 12.7. The van der Waals surface area contributed by atoms with Crippen LogP contribution in [0.2, 0.25) is 10.0 Å². The molecule has 0 saturated carbocycles. The molecule has 2 aromatic carbocycles. The number of hydrogen-bond acceptors (Lipinski definition) is 4. The third-order valence-electron chi connectivity index (χ3n) is 5.95. The molecule has 0 atom stereocenters. The van der Waals surface area contributed by atoms with E-state index in [-0.39, 0.29) is 11.6 Å². The maximum Gasteiger partial charge on any atom is 0.317 e. The molecule has 184 valence electrons. The van der Waals surface area contributed by atoms with E-state index in [1.807, 2.05) is 75.1 Å². The number of aryl methyl sites for hydroxylation is 1.